The summed E-state index contributed by atoms with van der Waals surface area (Å²) in [5.41, 5.74) is 3.43. The van der Waals surface area contributed by atoms with Crippen LogP contribution in [-0.2, 0) is 71.9 Å². The van der Waals surface area contributed by atoms with Gasteiger partial charge < -0.3 is 79.2 Å². The number of ether oxygens (including phenoxy) is 9. The van der Waals surface area contributed by atoms with E-state index in [4.69, 9.17) is 117 Å². The highest BCUT2D eigenvalue weighted by molar-refractivity contribution is 6.41. The zero-order valence-corrected chi connectivity index (χ0v) is 74.0. The number of nitrogens with one attached hydrogen (secondary N) is 4. The van der Waals surface area contributed by atoms with Crippen LogP contribution in [0.25, 0.3) is 0 Å². The predicted molar refractivity (Wildman–Crippen MR) is 467 cm³/mol. The highest BCUT2D eigenvalue weighted by Gasteiger charge is 2.31. The van der Waals surface area contributed by atoms with Crippen LogP contribution in [0.4, 0.5) is 27.0 Å². The van der Waals surface area contributed by atoms with Gasteiger partial charge in [-0.15, -0.1) is 0 Å². The van der Waals surface area contributed by atoms with Crippen molar-refractivity contribution in [2.75, 3.05) is 91.6 Å². The Labute approximate surface area is 737 Å². The zero-order valence-electron chi connectivity index (χ0n) is 69.5. The fraction of sp³-hybridized carbons (Fsp3) is 0.322. The number of aromatic nitrogens is 3. The Morgan fingerprint density at radius 2 is 0.738 bits per heavy atom. The molecule has 9 rings (SSSR count). The molecule has 0 spiro atoms. The van der Waals surface area contributed by atoms with Gasteiger partial charge in [-0.3, -0.25) is 24.2 Å². The molecule has 122 heavy (non-hydrogen) atoms. The number of amides is 5. The van der Waals surface area contributed by atoms with Crippen LogP contribution in [0.3, 0.4) is 0 Å². The number of aliphatic carboxylic acids is 1. The molecule has 0 saturated carbocycles. The third-order valence-electron chi connectivity index (χ3n) is 17.1. The first-order valence-electron chi connectivity index (χ1n) is 37.5. The number of hydrogen-bond donors (Lipinski definition) is 7. The van der Waals surface area contributed by atoms with E-state index in [-0.39, 0.29) is 78.4 Å². The van der Waals surface area contributed by atoms with E-state index in [0.717, 1.165) is 16.8 Å². The van der Waals surface area contributed by atoms with Crippen LogP contribution in [0.15, 0.2) is 164 Å². The second-order valence-electron chi connectivity index (χ2n) is 28.3. The van der Waals surface area contributed by atoms with Crippen LogP contribution >= 0.6 is 69.6 Å². The number of carbonyl (C=O) groups is 8. The lowest BCUT2D eigenvalue weighted by Gasteiger charge is -2.25. The molecule has 5 amide bonds. The Hall–Kier alpha value is -11.6. The Morgan fingerprint density at radius 1 is 0.426 bits per heavy atom. The third kappa shape index (κ3) is 31.2. The molecule has 0 unspecified atom stereocenters. The number of aliphatic hydroxyl groups is 1. The maximum atomic E-state index is 12.8. The smallest absolute Gasteiger partial charge is 0.415 e. The number of halogens is 6. The minimum Gasteiger partial charge on any atom is -0.508 e. The number of phenols is 1. The molecule has 0 aliphatic rings. The average molecular weight is 1800 g/mol. The predicted octanol–water partition coefficient (Wildman–Crippen LogP) is 15.6. The molecule has 0 aliphatic heterocycles. The van der Waals surface area contributed by atoms with Gasteiger partial charge in [-0.1, -0.05) is 124 Å². The monoisotopic (exact) mass is 1800 g/mol. The summed E-state index contributed by atoms with van der Waals surface area (Å²) in [6.07, 6.45) is 0.856. The van der Waals surface area contributed by atoms with Gasteiger partial charge in [0.1, 0.15) is 46.6 Å². The SMILES string of the molecule is CNc1nc(CCOc2ccc(C[C@H](NC(=O)c3c(Cl)cccc3Cl)C(=O)O)cc2)ccc1OC.COC(=O)[C@H](Cc1ccc(O)cc1)NC(=O)c1c(Cl)cccc1Cl.COC(=O)[C@H](Cc1ccc(OCCc2ccc(OC)c(N(C)C(=O)OC(C)(C)C)n2)cc1)NC(=O)c1c(Cl)cccc1Cl.COc1ccc(CCO)nc1N(C)C(=O)OC(C)(C)C. The molecule has 0 fully saturated rings. The van der Waals surface area contributed by atoms with Crippen molar-refractivity contribution in [3.8, 4) is 34.5 Å². The summed E-state index contributed by atoms with van der Waals surface area (Å²) >= 11 is 36.4. The first kappa shape index (κ1) is 99.2. The highest BCUT2D eigenvalue weighted by atomic mass is 35.5. The van der Waals surface area contributed by atoms with Crippen LogP contribution < -0.4 is 54.8 Å². The standard InChI is InChI=1S/C31H35Cl2N3O7.C25H25Cl2N3O5.C17H15Cl2NO4.C14H22N2O4/c1-31(2,3)43-30(39)36(4)27-25(40-5)15-12-20(34-27)16-17-42-21-13-10-19(11-14-21)18-24(29(38)41-6)35-28(37)26-22(32)8-7-9-23(26)33;1-28-23-21(34-2)11-8-16(29-23)12-13-35-17-9-6-15(7-10-17)14-20(25(32)33)30-24(31)22-18(26)4-3-5-19(22)27;1-24-17(23)14(9-10-5-7-11(21)8-6-10)20-16(22)15-12(18)3-2-4-13(15)19;1-14(2,3)20-13(18)16(4)12-11(19-5)7-6-10(15-12)8-9-17/h7-15,24H,16-18H2,1-6H3,(H,35,37);3-11,20H,12-14H2,1-2H3,(H,28,29)(H,30,31)(H,32,33);2-8,14,21H,9H2,1H3,(H,20,22);6-7,17H,8-9H2,1-5H3/t24-;20-;14-;/m000./s1. The van der Waals surface area contributed by atoms with Gasteiger partial charge in [-0.2, -0.15) is 0 Å². The van der Waals surface area contributed by atoms with Crippen molar-refractivity contribution in [1.29, 1.82) is 0 Å². The Bertz CT molecular complexity index is 4980. The van der Waals surface area contributed by atoms with E-state index >= 15 is 0 Å². The van der Waals surface area contributed by atoms with E-state index in [2.05, 4.69) is 36.2 Å². The number of carboxylic acids is 1. The van der Waals surface area contributed by atoms with Gasteiger partial charge in [0.25, 0.3) is 17.7 Å². The Balaban J connectivity index is 0.000000262. The number of esters is 2. The molecule has 3 aromatic heterocycles. The summed E-state index contributed by atoms with van der Waals surface area (Å²) in [6.45, 7) is 11.5. The van der Waals surface area contributed by atoms with Gasteiger partial charge in [0.05, 0.1) is 95.6 Å². The number of aromatic hydroxyl groups is 1. The summed E-state index contributed by atoms with van der Waals surface area (Å²) in [6, 6.07) is 42.1. The van der Waals surface area contributed by atoms with E-state index in [9.17, 15) is 48.6 Å². The van der Waals surface area contributed by atoms with Crippen molar-refractivity contribution < 1.29 is 96.3 Å². The minimum absolute atomic E-state index is 0.00504. The number of carbonyl (C=O) groups excluding carboxylic acids is 7. The summed E-state index contributed by atoms with van der Waals surface area (Å²) < 4.78 is 47.9. The quantitative estimate of drug-likeness (QED) is 0.0157. The highest BCUT2D eigenvalue weighted by Crippen LogP contribution is 2.32. The summed E-state index contributed by atoms with van der Waals surface area (Å²) in [5.74, 6) is 0.0972. The number of carboxylic acid groups (broad SMARTS) is 1. The maximum Gasteiger partial charge on any atom is 0.415 e. The van der Waals surface area contributed by atoms with Gasteiger partial charge in [0, 0.05) is 83.4 Å². The van der Waals surface area contributed by atoms with Crippen LogP contribution in [0.2, 0.25) is 30.1 Å². The van der Waals surface area contributed by atoms with Crippen molar-refractivity contribution in [3.63, 3.8) is 0 Å². The van der Waals surface area contributed by atoms with Crippen LogP contribution in [0, 0.1) is 0 Å². The van der Waals surface area contributed by atoms with Crippen LogP contribution in [0.5, 0.6) is 34.5 Å². The number of benzene rings is 6. The molecule has 652 valence electrons. The molecule has 7 N–H and O–H groups in total. The molecule has 0 saturated heterocycles. The fourth-order valence-corrected chi connectivity index (χ4v) is 12.7. The second-order valence-corrected chi connectivity index (χ2v) is 30.8. The molecule has 6 aromatic carbocycles. The number of phenolic OH excluding ortho intramolecular Hbond substituents is 1. The summed E-state index contributed by atoms with van der Waals surface area (Å²) in [7, 11) is 12.0. The van der Waals surface area contributed by atoms with E-state index in [1.165, 1.54) is 74.6 Å². The van der Waals surface area contributed by atoms with Crippen LogP contribution in [-0.4, -0.2) is 184 Å². The van der Waals surface area contributed by atoms with Crippen molar-refractivity contribution in [2.24, 2.45) is 0 Å². The van der Waals surface area contributed by atoms with E-state index < -0.39 is 77.1 Å². The van der Waals surface area contributed by atoms with Crippen molar-refractivity contribution >= 4 is 135 Å². The normalized spacial score (nSPS) is 11.5. The van der Waals surface area contributed by atoms with Crippen molar-refractivity contribution in [1.82, 2.24) is 30.9 Å². The van der Waals surface area contributed by atoms with E-state index in [1.54, 1.807) is 185 Å². The van der Waals surface area contributed by atoms with Gasteiger partial charge >= 0.3 is 30.1 Å². The second kappa shape index (κ2) is 48.2. The topological polar surface area (TPSA) is 374 Å². The minimum atomic E-state index is -1.17. The molecule has 9 aromatic rings. The number of hydrogen-bond acceptors (Lipinski definition) is 23. The number of methoxy groups -OCH3 is 5. The molecule has 29 nitrogen and oxygen atoms in total. The molecule has 3 atom stereocenters. The lowest BCUT2D eigenvalue weighted by molar-refractivity contribution is -0.143. The van der Waals surface area contributed by atoms with Crippen molar-refractivity contribution in [2.45, 2.75) is 109 Å². The Kier molecular flexibility index (Phi) is 39.2. The first-order valence-corrected chi connectivity index (χ1v) is 39.8. The zero-order chi connectivity index (χ0) is 90.1. The number of rotatable bonds is 31. The van der Waals surface area contributed by atoms with Gasteiger partial charge in [0.15, 0.2) is 34.7 Å². The lowest BCUT2D eigenvalue weighted by Crippen LogP contribution is -2.43. The molecular formula is C87H97Cl6N9O20. The van der Waals surface area contributed by atoms with Crippen LogP contribution in [0.1, 0.15) is 106 Å². The maximum absolute atomic E-state index is 12.8. The molecule has 35 heteroatoms. The molecule has 0 radical (unpaired) electrons. The van der Waals surface area contributed by atoms with Gasteiger partial charge in [-0.05, 0) is 167 Å². The molecule has 0 aliphatic carbocycles. The number of anilines is 3. The fourth-order valence-electron chi connectivity index (χ4n) is 11.0. The van der Waals surface area contributed by atoms with E-state index in [1.807, 2.05) is 12.1 Å². The number of nitrogens with zero attached hydrogens (tertiary/aromatic N) is 5. The van der Waals surface area contributed by atoms with Crippen molar-refractivity contribution in [3.05, 3.63) is 244 Å². The molecule has 3 heterocycles. The van der Waals surface area contributed by atoms with Gasteiger partial charge in [-0.25, -0.2) is 38.9 Å². The third-order valence-corrected chi connectivity index (χ3v) is 18.9. The van der Waals surface area contributed by atoms with E-state index in [0.29, 0.717) is 95.6 Å². The lowest BCUT2D eigenvalue weighted by atomic mass is 10.0. The number of aliphatic hydroxyl groups excluding tert-OH is 1. The summed E-state index contributed by atoms with van der Waals surface area (Å²) in [5, 5.41) is 39.6. The average Bonchev–Trinajstić information content (AvgIpc) is 0.838. The Morgan fingerprint density at radius 3 is 1.05 bits per heavy atom. The molecule has 0 bridgehead atoms. The van der Waals surface area contributed by atoms with Gasteiger partial charge in [0.2, 0.25) is 0 Å². The molecular weight excluding hydrogens is 1700 g/mol. The largest absolute Gasteiger partial charge is 0.508 e. The number of pyridine rings is 3. The first-order chi connectivity index (χ1) is 57.8. The summed E-state index contributed by atoms with van der Waals surface area (Å²) in [4.78, 5) is 115.